The van der Waals surface area contributed by atoms with E-state index in [1.807, 2.05) is 0 Å². The molecule has 0 aliphatic rings. The van der Waals surface area contributed by atoms with Crippen molar-refractivity contribution in [2.45, 2.75) is 25.8 Å². The van der Waals surface area contributed by atoms with Crippen LogP contribution in [0.5, 0.6) is 0 Å². The Hall–Kier alpha value is -1.53. The summed E-state index contributed by atoms with van der Waals surface area (Å²) in [6.07, 6.45) is 1.16. The normalized spacial score (nSPS) is 13.7. The molecule has 14 heavy (non-hydrogen) atoms. The van der Waals surface area contributed by atoms with Gasteiger partial charge in [-0.25, -0.2) is 8.78 Å². The first-order chi connectivity index (χ1) is 6.41. The zero-order valence-electron chi connectivity index (χ0n) is 7.71. The number of nitrogens with one attached hydrogen (secondary N) is 2. The highest BCUT2D eigenvalue weighted by atomic mass is 19.3. The third-order valence-electron chi connectivity index (χ3n) is 1.76. The fraction of sp³-hybridized carbons (Fsp3) is 0.571. The second kappa shape index (κ2) is 3.69. The molecule has 0 bridgehead atoms. The van der Waals surface area contributed by atoms with Gasteiger partial charge in [0.2, 0.25) is 0 Å². The number of alkyl halides is 2. The minimum atomic E-state index is -2.96. The first-order valence-electron chi connectivity index (χ1n) is 3.95. The Kier molecular flexibility index (Phi) is 2.78. The molecule has 7 heteroatoms. The molecular formula is C7H10F2N4O. The molecule has 1 aromatic rings. The minimum Gasteiger partial charge on any atom is -0.342 e. The summed E-state index contributed by atoms with van der Waals surface area (Å²) in [5, 5.41) is 11.2. The maximum atomic E-state index is 12.7. The van der Waals surface area contributed by atoms with Gasteiger partial charge < -0.3 is 5.32 Å². The maximum Gasteiger partial charge on any atom is 0.273 e. The number of halogens is 2. The number of aromatic nitrogens is 3. The molecule has 5 nitrogen and oxygen atoms in total. The van der Waals surface area contributed by atoms with Crippen LogP contribution in [0.25, 0.3) is 0 Å². The number of amides is 1. The number of carbonyl (C=O) groups is 1. The number of nitrogens with zero attached hydrogens (tertiary/aromatic N) is 2. The number of rotatable bonds is 3. The van der Waals surface area contributed by atoms with Crippen molar-refractivity contribution in [2.24, 2.45) is 0 Å². The van der Waals surface area contributed by atoms with E-state index in [0.29, 0.717) is 0 Å². The van der Waals surface area contributed by atoms with E-state index >= 15 is 0 Å². The summed E-state index contributed by atoms with van der Waals surface area (Å²) in [6.45, 7) is 1.96. The first-order valence-corrected chi connectivity index (χ1v) is 3.95. The molecule has 0 aliphatic heterocycles. The van der Waals surface area contributed by atoms with Gasteiger partial charge in [0.15, 0.2) is 5.69 Å². The molecule has 1 unspecified atom stereocenters. The van der Waals surface area contributed by atoms with E-state index in [1.165, 1.54) is 6.92 Å². The van der Waals surface area contributed by atoms with Crippen molar-refractivity contribution in [2.75, 3.05) is 0 Å². The van der Waals surface area contributed by atoms with Crippen LogP contribution < -0.4 is 5.32 Å². The van der Waals surface area contributed by atoms with E-state index in [4.69, 9.17) is 0 Å². The Morgan fingerprint density at radius 1 is 1.71 bits per heavy atom. The molecule has 1 atom stereocenters. The highest BCUT2D eigenvalue weighted by Crippen LogP contribution is 2.16. The summed E-state index contributed by atoms with van der Waals surface area (Å²) in [6, 6.07) is -1.24. The fourth-order valence-corrected chi connectivity index (χ4v) is 0.708. The second-order valence-electron chi connectivity index (χ2n) is 3.01. The predicted octanol–water partition coefficient (Wildman–Crippen LogP) is 0.578. The lowest BCUT2D eigenvalue weighted by atomic mass is 10.2. The first kappa shape index (κ1) is 10.6. The minimum absolute atomic E-state index is 0.0129. The van der Waals surface area contributed by atoms with E-state index in [9.17, 15) is 13.6 Å². The standard InChI is InChI=1S/C7H10F2N4O/c1-4(7(2,8)9)11-6(14)5-3-10-13-12-5/h3-4H,1-2H3,(H,11,14)(H,10,12,13). The van der Waals surface area contributed by atoms with Crippen molar-refractivity contribution in [3.63, 3.8) is 0 Å². The summed E-state index contributed by atoms with van der Waals surface area (Å²) >= 11 is 0. The van der Waals surface area contributed by atoms with E-state index < -0.39 is 17.9 Å². The van der Waals surface area contributed by atoms with Crippen LogP contribution in [-0.4, -0.2) is 33.3 Å². The largest absolute Gasteiger partial charge is 0.342 e. The van der Waals surface area contributed by atoms with Gasteiger partial charge in [-0.1, -0.05) is 0 Å². The van der Waals surface area contributed by atoms with Crippen LogP contribution in [0.1, 0.15) is 24.3 Å². The molecule has 78 valence electrons. The van der Waals surface area contributed by atoms with Crippen molar-refractivity contribution in [1.29, 1.82) is 0 Å². The number of hydrogen-bond acceptors (Lipinski definition) is 3. The Morgan fingerprint density at radius 2 is 2.36 bits per heavy atom. The summed E-state index contributed by atoms with van der Waals surface area (Å²) in [4.78, 5) is 11.2. The van der Waals surface area contributed by atoms with Crippen LogP contribution in [0, 0.1) is 0 Å². The number of hydrogen-bond donors (Lipinski definition) is 2. The number of carbonyl (C=O) groups excluding carboxylic acids is 1. The Labute approximate surface area is 78.9 Å². The molecule has 0 saturated carbocycles. The van der Waals surface area contributed by atoms with Crippen molar-refractivity contribution in [3.05, 3.63) is 11.9 Å². The lowest BCUT2D eigenvalue weighted by Gasteiger charge is -2.19. The lowest BCUT2D eigenvalue weighted by Crippen LogP contribution is -2.43. The Morgan fingerprint density at radius 3 is 2.79 bits per heavy atom. The summed E-state index contributed by atoms with van der Waals surface area (Å²) in [7, 11) is 0. The average molecular weight is 204 g/mol. The van der Waals surface area contributed by atoms with Gasteiger partial charge in [0.05, 0.1) is 12.2 Å². The molecule has 0 spiro atoms. The zero-order chi connectivity index (χ0) is 10.8. The summed E-state index contributed by atoms with van der Waals surface area (Å²) < 4.78 is 25.3. The van der Waals surface area contributed by atoms with E-state index in [1.54, 1.807) is 0 Å². The molecule has 1 amide bonds. The van der Waals surface area contributed by atoms with Crippen LogP contribution in [0.4, 0.5) is 8.78 Å². The Bertz CT molecular complexity index is 306. The number of H-pyrrole nitrogens is 1. The zero-order valence-corrected chi connectivity index (χ0v) is 7.71. The van der Waals surface area contributed by atoms with Crippen molar-refractivity contribution in [3.8, 4) is 0 Å². The monoisotopic (exact) mass is 204 g/mol. The van der Waals surface area contributed by atoms with Crippen LogP contribution in [-0.2, 0) is 0 Å². The van der Waals surface area contributed by atoms with Crippen molar-refractivity contribution in [1.82, 2.24) is 20.7 Å². The predicted molar refractivity (Wildman–Crippen MR) is 43.9 cm³/mol. The summed E-state index contributed by atoms with van der Waals surface area (Å²) in [5.74, 6) is -3.63. The second-order valence-corrected chi connectivity index (χ2v) is 3.01. The highest BCUT2D eigenvalue weighted by molar-refractivity contribution is 5.92. The average Bonchev–Trinajstić information content (AvgIpc) is 2.53. The van der Waals surface area contributed by atoms with Crippen molar-refractivity contribution < 1.29 is 13.6 Å². The quantitative estimate of drug-likeness (QED) is 0.756. The smallest absolute Gasteiger partial charge is 0.273 e. The molecular weight excluding hydrogens is 194 g/mol. The lowest BCUT2D eigenvalue weighted by molar-refractivity contribution is -0.0108. The van der Waals surface area contributed by atoms with Crippen LogP contribution in [0.2, 0.25) is 0 Å². The van der Waals surface area contributed by atoms with Gasteiger partial charge in [-0.05, 0) is 6.92 Å². The molecule has 1 heterocycles. The molecule has 1 rings (SSSR count). The van der Waals surface area contributed by atoms with E-state index in [0.717, 1.165) is 13.1 Å². The maximum absolute atomic E-state index is 12.7. The van der Waals surface area contributed by atoms with E-state index in [-0.39, 0.29) is 5.69 Å². The molecule has 2 N–H and O–H groups in total. The molecule has 0 fully saturated rings. The Balaban J connectivity index is 2.58. The van der Waals surface area contributed by atoms with Gasteiger partial charge in [-0.3, -0.25) is 4.79 Å². The van der Waals surface area contributed by atoms with Crippen LogP contribution in [0.3, 0.4) is 0 Å². The van der Waals surface area contributed by atoms with Gasteiger partial charge >= 0.3 is 0 Å². The van der Waals surface area contributed by atoms with Crippen LogP contribution >= 0.6 is 0 Å². The third-order valence-corrected chi connectivity index (χ3v) is 1.76. The SMILES string of the molecule is CC(NC(=O)c1cn[nH]n1)C(C)(F)F. The molecule has 0 saturated heterocycles. The molecule has 1 aromatic heterocycles. The van der Waals surface area contributed by atoms with Gasteiger partial charge in [0.1, 0.15) is 0 Å². The number of aromatic amines is 1. The van der Waals surface area contributed by atoms with Crippen LogP contribution in [0.15, 0.2) is 6.20 Å². The third kappa shape index (κ3) is 2.48. The van der Waals surface area contributed by atoms with Gasteiger partial charge in [0, 0.05) is 6.92 Å². The molecule has 0 aromatic carbocycles. The molecule has 0 aliphatic carbocycles. The van der Waals surface area contributed by atoms with Gasteiger partial charge in [-0.2, -0.15) is 15.4 Å². The fourth-order valence-electron chi connectivity index (χ4n) is 0.708. The van der Waals surface area contributed by atoms with E-state index in [2.05, 4.69) is 20.7 Å². The summed E-state index contributed by atoms with van der Waals surface area (Å²) in [5.41, 5.74) is -0.0129. The van der Waals surface area contributed by atoms with Gasteiger partial charge in [0.25, 0.3) is 11.8 Å². The van der Waals surface area contributed by atoms with Gasteiger partial charge in [-0.15, -0.1) is 0 Å². The highest BCUT2D eigenvalue weighted by Gasteiger charge is 2.31. The molecule has 0 radical (unpaired) electrons. The van der Waals surface area contributed by atoms with Crippen molar-refractivity contribution >= 4 is 5.91 Å². The topological polar surface area (TPSA) is 70.7 Å².